The number of hydrogen-bond acceptors (Lipinski definition) is 3. The number of carbonyl (C=O) groups is 1. The average Bonchev–Trinajstić information content (AvgIpc) is 2.55. The molecule has 0 bridgehead atoms. The molecule has 0 amide bonds. The van der Waals surface area contributed by atoms with Gasteiger partial charge in [0.05, 0.1) is 0 Å². The fourth-order valence-electron chi connectivity index (χ4n) is 2.76. The molecule has 0 spiro atoms. The summed E-state index contributed by atoms with van der Waals surface area (Å²) in [5.41, 5.74) is 0. The quantitative estimate of drug-likeness (QED) is 0.198. The number of carbonyl (C=O) groups excluding carboxylic acids is 1. The number of hydrogen-bond donors (Lipinski definition) is 1. The second-order valence-corrected chi connectivity index (χ2v) is 6.70. The smallest absolute Gasteiger partial charge is 0.308 e. The molecular formula is C20H40O3. The lowest BCUT2D eigenvalue weighted by Crippen LogP contribution is -2.16. The highest BCUT2D eigenvalue weighted by atomic mass is 16.6. The summed E-state index contributed by atoms with van der Waals surface area (Å²) in [4.78, 5) is 11.3. The van der Waals surface area contributed by atoms with Gasteiger partial charge in [-0.1, -0.05) is 97.3 Å². The van der Waals surface area contributed by atoms with E-state index in [2.05, 4.69) is 6.92 Å². The minimum absolute atomic E-state index is 0.265. The Hall–Kier alpha value is -0.570. The molecule has 3 heteroatoms. The van der Waals surface area contributed by atoms with Crippen LogP contribution in [-0.2, 0) is 9.53 Å². The van der Waals surface area contributed by atoms with Gasteiger partial charge in [0.1, 0.15) is 0 Å². The van der Waals surface area contributed by atoms with Crippen LogP contribution < -0.4 is 0 Å². The van der Waals surface area contributed by atoms with E-state index >= 15 is 0 Å². The van der Waals surface area contributed by atoms with Gasteiger partial charge in [-0.2, -0.15) is 0 Å². The predicted molar refractivity (Wildman–Crippen MR) is 97.3 cm³/mol. The second kappa shape index (κ2) is 17.8. The third-order valence-electron chi connectivity index (χ3n) is 4.35. The van der Waals surface area contributed by atoms with E-state index in [9.17, 15) is 9.90 Å². The van der Waals surface area contributed by atoms with Crippen molar-refractivity contribution >= 4 is 5.97 Å². The summed E-state index contributed by atoms with van der Waals surface area (Å²) >= 11 is 0. The summed E-state index contributed by atoms with van der Waals surface area (Å²) in [7, 11) is 0. The lowest BCUT2D eigenvalue weighted by molar-refractivity contribution is -0.168. The average molecular weight is 329 g/mol. The molecule has 0 heterocycles. The van der Waals surface area contributed by atoms with Crippen LogP contribution in [0.3, 0.4) is 0 Å². The molecule has 1 atom stereocenters. The van der Waals surface area contributed by atoms with Gasteiger partial charge in [-0.3, -0.25) is 4.79 Å². The van der Waals surface area contributed by atoms with Crippen molar-refractivity contribution in [3.05, 3.63) is 0 Å². The molecule has 1 N–H and O–H groups in total. The van der Waals surface area contributed by atoms with Gasteiger partial charge in [0, 0.05) is 12.8 Å². The second-order valence-electron chi connectivity index (χ2n) is 6.70. The van der Waals surface area contributed by atoms with Crippen LogP contribution in [0.2, 0.25) is 0 Å². The Morgan fingerprint density at radius 2 is 1.13 bits per heavy atom. The normalized spacial score (nSPS) is 12.3. The van der Waals surface area contributed by atoms with Crippen molar-refractivity contribution in [2.24, 2.45) is 0 Å². The molecule has 0 saturated carbocycles. The van der Waals surface area contributed by atoms with Gasteiger partial charge in [-0.25, -0.2) is 0 Å². The van der Waals surface area contributed by atoms with Crippen molar-refractivity contribution in [1.82, 2.24) is 0 Å². The Morgan fingerprint density at radius 1 is 0.739 bits per heavy atom. The Morgan fingerprint density at radius 3 is 1.52 bits per heavy atom. The van der Waals surface area contributed by atoms with Crippen LogP contribution in [0.1, 0.15) is 117 Å². The summed E-state index contributed by atoms with van der Waals surface area (Å²) in [6.07, 6.45) is 18.3. The highest BCUT2D eigenvalue weighted by molar-refractivity contribution is 5.69. The van der Waals surface area contributed by atoms with Crippen molar-refractivity contribution in [3.63, 3.8) is 0 Å². The van der Waals surface area contributed by atoms with Crippen LogP contribution in [-0.4, -0.2) is 17.4 Å². The maximum atomic E-state index is 11.3. The molecule has 3 nitrogen and oxygen atoms in total. The first kappa shape index (κ1) is 22.4. The molecule has 0 fully saturated rings. The molecule has 0 radical (unpaired) electrons. The molecule has 0 aliphatic carbocycles. The summed E-state index contributed by atoms with van der Waals surface area (Å²) in [5.74, 6) is -0.265. The monoisotopic (exact) mass is 328 g/mol. The number of esters is 1. The van der Waals surface area contributed by atoms with E-state index in [1.165, 1.54) is 77.0 Å². The van der Waals surface area contributed by atoms with E-state index < -0.39 is 6.29 Å². The maximum Gasteiger partial charge on any atom is 0.308 e. The van der Waals surface area contributed by atoms with E-state index in [1.807, 2.05) is 0 Å². The van der Waals surface area contributed by atoms with Gasteiger partial charge in [0.15, 0.2) is 6.29 Å². The van der Waals surface area contributed by atoms with Gasteiger partial charge in [-0.05, 0) is 6.42 Å². The number of rotatable bonds is 17. The molecule has 0 aromatic heterocycles. The summed E-state index contributed by atoms with van der Waals surface area (Å²) < 4.78 is 4.83. The first-order valence-corrected chi connectivity index (χ1v) is 10.1. The van der Waals surface area contributed by atoms with Crippen molar-refractivity contribution in [2.45, 2.75) is 123 Å². The first-order chi connectivity index (χ1) is 11.2. The highest BCUT2D eigenvalue weighted by Gasteiger charge is 2.07. The number of unbranched alkanes of at least 4 members (excludes halogenated alkanes) is 13. The third kappa shape index (κ3) is 17.6. The topological polar surface area (TPSA) is 46.5 Å². The minimum Gasteiger partial charge on any atom is -0.436 e. The number of aliphatic hydroxyl groups excluding tert-OH is 1. The molecule has 0 saturated heterocycles. The predicted octanol–water partition coefficient (Wildman–Crippen LogP) is 6.13. The van der Waals surface area contributed by atoms with Crippen LogP contribution in [0, 0.1) is 0 Å². The zero-order chi connectivity index (χ0) is 17.2. The largest absolute Gasteiger partial charge is 0.436 e. The van der Waals surface area contributed by atoms with Crippen molar-refractivity contribution in [3.8, 4) is 0 Å². The number of aliphatic hydroxyl groups is 1. The standard InChI is InChI=1S/C20H40O3/c1-3-5-6-7-8-9-10-11-12-13-14-15-16-17-18-20(22)23-19(21)4-2/h19,21H,3-18H2,1-2H3. The van der Waals surface area contributed by atoms with E-state index in [0.717, 1.165) is 12.8 Å². The molecule has 0 aliphatic rings. The molecule has 0 aromatic rings. The van der Waals surface area contributed by atoms with Crippen LogP contribution in [0.4, 0.5) is 0 Å². The Bertz CT molecular complexity index is 253. The van der Waals surface area contributed by atoms with Gasteiger partial charge >= 0.3 is 5.97 Å². The van der Waals surface area contributed by atoms with Gasteiger partial charge in [0.2, 0.25) is 0 Å². The van der Waals surface area contributed by atoms with Crippen LogP contribution in [0.15, 0.2) is 0 Å². The summed E-state index contributed by atoms with van der Waals surface area (Å²) in [6, 6.07) is 0. The fraction of sp³-hybridized carbons (Fsp3) is 0.950. The van der Waals surface area contributed by atoms with Crippen LogP contribution >= 0.6 is 0 Å². The van der Waals surface area contributed by atoms with E-state index in [0.29, 0.717) is 12.8 Å². The number of ether oxygens (including phenoxy) is 1. The summed E-state index contributed by atoms with van der Waals surface area (Å²) in [5, 5.41) is 9.20. The van der Waals surface area contributed by atoms with E-state index in [4.69, 9.17) is 4.74 Å². The maximum absolute atomic E-state index is 11.3. The molecule has 1 unspecified atom stereocenters. The highest BCUT2D eigenvalue weighted by Crippen LogP contribution is 2.13. The minimum atomic E-state index is -0.922. The van der Waals surface area contributed by atoms with Gasteiger partial charge < -0.3 is 9.84 Å². The molecular weight excluding hydrogens is 288 g/mol. The van der Waals surface area contributed by atoms with Gasteiger partial charge in [0.25, 0.3) is 0 Å². The lowest BCUT2D eigenvalue weighted by Gasteiger charge is -2.09. The molecule has 23 heavy (non-hydrogen) atoms. The van der Waals surface area contributed by atoms with Crippen molar-refractivity contribution in [2.75, 3.05) is 0 Å². The molecule has 138 valence electrons. The third-order valence-corrected chi connectivity index (χ3v) is 4.35. The Balaban J connectivity index is 3.12. The zero-order valence-corrected chi connectivity index (χ0v) is 15.7. The first-order valence-electron chi connectivity index (χ1n) is 10.1. The Labute approximate surface area is 144 Å². The molecule has 0 aliphatic heterocycles. The Kier molecular flexibility index (Phi) is 17.3. The molecule has 0 aromatic carbocycles. The fourth-order valence-corrected chi connectivity index (χ4v) is 2.76. The van der Waals surface area contributed by atoms with Gasteiger partial charge in [-0.15, -0.1) is 0 Å². The zero-order valence-electron chi connectivity index (χ0n) is 15.7. The summed E-state index contributed by atoms with van der Waals surface area (Å²) in [6.45, 7) is 4.06. The van der Waals surface area contributed by atoms with Crippen LogP contribution in [0.25, 0.3) is 0 Å². The van der Waals surface area contributed by atoms with Crippen LogP contribution in [0.5, 0.6) is 0 Å². The van der Waals surface area contributed by atoms with Crippen molar-refractivity contribution in [1.29, 1.82) is 0 Å². The van der Waals surface area contributed by atoms with E-state index in [-0.39, 0.29) is 5.97 Å². The SMILES string of the molecule is CCCCCCCCCCCCCCCCC(=O)OC(O)CC. The van der Waals surface area contributed by atoms with E-state index in [1.54, 1.807) is 6.92 Å². The lowest BCUT2D eigenvalue weighted by atomic mass is 10.0. The van der Waals surface area contributed by atoms with Crippen molar-refractivity contribution < 1.29 is 14.6 Å². The molecule has 0 rings (SSSR count).